The van der Waals surface area contributed by atoms with Gasteiger partial charge in [0.25, 0.3) is 5.91 Å². The van der Waals surface area contributed by atoms with Crippen molar-refractivity contribution in [2.24, 2.45) is 11.8 Å². The second-order valence-corrected chi connectivity index (χ2v) is 12.3. The molecule has 4 rings (SSSR count). The van der Waals surface area contributed by atoms with Crippen molar-refractivity contribution in [3.8, 4) is 11.5 Å². The number of nitrogens with zero attached hydrogens (tertiary/aromatic N) is 3. The number of carbonyl (C=O) groups is 4. The molecule has 0 aromatic heterocycles. The van der Waals surface area contributed by atoms with E-state index in [-0.39, 0.29) is 43.2 Å². The van der Waals surface area contributed by atoms with E-state index < -0.39 is 48.2 Å². The van der Waals surface area contributed by atoms with Gasteiger partial charge in [0, 0.05) is 19.4 Å². The molecule has 2 aliphatic heterocycles. The Morgan fingerprint density at radius 2 is 1.50 bits per heavy atom. The summed E-state index contributed by atoms with van der Waals surface area (Å²) in [6.45, 7) is 7.94. The van der Waals surface area contributed by atoms with Crippen LogP contribution in [0.4, 0.5) is 4.79 Å². The summed E-state index contributed by atoms with van der Waals surface area (Å²) in [4.78, 5) is 62.9. The van der Waals surface area contributed by atoms with Crippen molar-refractivity contribution in [2.75, 3.05) is 13.1 Å². The molecule has 0 bridgehead atoms. The summed E-state index contributed by atoms with van der Waals surface area (Å²) in [5.41, 5.74) is 1.32. The SMILES string of the molecule is CC(C)CCNC(=O)[C@H](Cc1ccc(O)cc1)N1CC2N(C(=O)O)O[C@H](CC(C)C)C(=O)N2[C@@H](Cc2ccc(O)cc2)C1=O. The highest BCUT2D eigenvalue weighted by molar-refractivity contribution is 5.95. The molecule has 12 nitrogen and oxygen atoms in total. The third-order valence-electron chi connectivity index (χ3n) is 7.93. The lowest BCUT2D eigenvalue weighted by molar-refractivity contribution is -0.267. The highest BCUT2D eigenvalue weighted by Crippen LogP contribution is 2.32. The molecule has 1 unspecified atom stereocenters. The van der Waals surface area contributed by atoms with Gasteiger partial charge in [-0.05, 0) is 60.1 Å². The fraction of sp³-hybridized carbons (Fsp3) is 0.500. The molecule has 4 N–H and O–H groups in total. The average Bonchev–Trinajstić information content (AvgIpc) is 2.96. The van der Waals surface area contributed by atoms with E-state index >= 15 is 0 Å². The summed E-state index contributed by atoms with van der Waals surface area (Å²) in [5.74, 6) is -0.975. The molecule has 12 heteroatoms. The number of fused-ring (bicyclic) bond motifs is 1. The van der Waals surface area contributed by atoms with Crippen molar-refractivity contribution in [1.29, 1.82) is 0 Å². The number of nitrogens with one attached hydrogen (secondary N) is 1. The van der Waals surface area contributed by atoms with E-state index in [0.29, 0.717) is 23.6 Å². The first-order valence-electron chi connectivity index (χ1n) is 15.0. The Hall–Kier alpha value is -4.32. The molecule has 0 aliphatic carbocycles. The highest BCUT2D eigenvalue weighted by Gasteiger charge is 2.54. The zero-order chi connectivity index (χ0) is 32.1. The van der Waals surface area contributed by atoms with Crippen LogP contribution in [0.2, 0.25) is 0 Å². The quantitative estimate of drug-likeness (QED) is 0.302. The number of carbonyl (C=O) groups excluding carboxylic acids is 3. The van der Waals surface area contributed by atoms with Gasteiger partial charge in [0.15, 0.2) is 12.3 Å². The van der Waals surface area contributed by atoms with Crippen LogP contribution in [0.25, 0.3) is 0 Å². The van der Waals surface area contributed by atoms with Crippen LogP contribution in [0.3, 0.4) is 0 Å². The number of rotatable bonds is 11. The maximum Gasteiger partial charge on any atom is 0.433 e. The molecule has 0 radical (unpaired) electrons. The van der Waals surface area contributed by atoms with E-state index in [1.807, 2.05) is 27.7 Å². The second-order valence-electron chi connectivity index (χ2n) is 12.3. The standard InChI is InChI=1S/C32H42N4O8/c1-19(2)13-14-33-29(39)25(16-21-5-9-23(37)10-6-21)34-18-28-35(26(30(34)40)17-22-7-11-24(38)12-8-22)31(41)27(15-20(3)4)44-36(28)32(42)43/h5-12,19-20,25-28,37-38H,13-18H2,1-4H3,(H,33,39)(H,42,43)/t25-,26-,27+,28?/m0/s1. The molecule has 2 heterocycles. The Labute approximate surface area is 257 Å². The van der Waals surface area contributed by atoms with E-state index in [2.05, 4.69) is 5.32 Å². The van der Waals surface area contributed by atoms with E-state index in [9.17, 15) is 34.5 Å². The van der Waals surface area contributed by atoms with Crippen molar-refractivity contribution in [3.05, 3.63) is 59.7 Å². The lowest BCUT2D eigenvalue weighted by atomic mass is 9.94. The molecule has 4 atom stereocenters. The van der Waals surface area contributed by atoms with Crippen LogP contribution >= 0.6 is 0 Å². The molecule has 2 aromatic rings. The van der Waals surface area contributed by atoms with E-state index in [0.717, 1.165) is 11.5 Å². The minimum atomic E-state index is -1.42. The van der Waals surface area contributed by atoms with Crippen LogP contribution < -0.4 is 5.32 Å². The Balaban J connectivity index is 1.76. The van der Waals surface area contributed by atoms with Gasteiger partial charge in [-0.1, -0.05) is 52.0 Å². The minimum Gasteiger partial charge on any atom is -0.508 e. The Kier molecular flexibility index (Phi) is 10.4. The Morgan fingerprint density at radius 1 is 0.909 bits per heavy atom. The first-order valence-corrected chi connectivity index (χ1v) is 15.0. The zero-order valence-electron chi connectivity index (χ0n) is 25.6. The zero-order valence-corrected chi connectivity index (χ0v) is 25.6. The first-order chi connectivity index (χ1) is 20.8. The molecule has 44 heavy (non-hydrogen) atoms. The van der Waals surface area contributed by atoms with Crippen LogP contribution in [-0.2, 0) is 32.1 Å². The second kappa shape index (κ2) is 14.0. The van der Waals surface area contributed by atoms with Gasteiger partial charge >= 0.3 is 6.09 Å². The number of phenolic OH excluding ortho intramolecular Hbond substituents is 2. The van der Waals surface area contributed by atoms with Crippen molar-refractivity contribution in [1.82, 2.24) is 20.2 Å². The van der Waals surface area contributed by atoms with Crippen LogP contribution in [0.5, 0.6) is 11.5 Å². The summed E-state index contributed by atoms with van der Waals surface area (Å²) in [6.07, 6.45) is -2.63. The molecule has 2 aliphatic rings. The van der Waals surface area contributed by atoms with Crippen LogP contribution in [0.15, 0.2) is 48.5 Å². The van der Waals surface area contributed by atoms with E-state index in [4.69, 9.17) is 4.84 Å². The van der Waals surface area contributed by atoms with Crippen LogP contribution in [-0.4, -0.2) is 91.4 Å². The molecule has 2 aromatic carbocycles. The molecule has 2 saturated heterocycles. The lowest BCUT2D eigenvalue weighted by Gasteiger charge is -2.53. The number of benzene rings is 2. The maximum absolute atomic E-state index is 14.4. The average molecular weight is 611 g/mol. The predicted molar refractivity (Wildman–Crippen MR) is 160 cm³/mol. The summed E-state index contributed by atoms with van der Waals surface area (Å²) >= 11 is 0. The van der Waals surface area contributed by atoms with Crippen LogP contribution in [0.1, 0.15) is 51.7 Å². The molecule has 238 valence electrons. The van der Waals surface area contributed by atoms with Gasteiger partial charge in [0.05, 0.1) is 6.54 Å². The maximum atomic E-state index is 14.4. The summed E-state index contributed by atoms with van der Waals surface area (Å²) in [5, 5.41) is 33.4. The topological polar surface area (TPSA) is 160 Å². The molecule has 0 saturated carbocycles. The number of aromatic hydroxyl groups is 2. The minimum absolute atomic E-state index is 0.00732. The molecular weight excluding hydrogens is 568 g/mol. The van der Waals surface area contributed by atoms with E-state index in [1.165, 1.54) is 34.1 Å². The third kappa shape index (κ3) is 7.60. The Bertz CT molecular complexity index is 1330. The number of amides is 4. The molecule has 4 amide bonds. The number of carboxylic acid groups (broad SMARTS) is 1. The number of hydrogen-bond donors (Lipinski definition) is 4. The van der Waals surface area contributed by atoms with E-state index in [1.54, 1.807) is 24.3 Å². The number of phenols is 2. The van der Waals surface area contributed by atoms with Crippen molar-refractivity contribution >= 4 is 23.8 Å². The molecule has 2 fully saturated rings. The van der Waals surface area contributed by atoms with Crippen LogP contribution in [0, 0.1) is 11.8 Å². The fourth-order valence-electron chi connectivity index (χ4n) is 5.65. The van der Waals surface area contributed by atoms with Gasteiger partial charge in [-0.15, -0.1) is 0 Å². The number of piperazine rings is 1. The lowest BCUT2D eigenvalue weighted by Crippen LogP contribution is -2.75. The summed E-state index contributed by atoms with van der Waals surface area (Å²) in [7, 11) is 0. The van der Waals surface area contributed by atoms with Gasteiger partial charge in [0.2, 0.25) is 11.8 Å². The normalized spacial score (nSPS) is 21.0. The monoisotopic (exact) mass is 610 g/mol. The third-order valence-corrected chi connectivity index (χ3v) is 7.93. The van der Waals surface area contributed by atoms with Crippen molar-refractivity contribution in [2.45, 2.75) is 77.7 Å². The highest BCUT2D eigenvalue weighted by atomic mass is 16.7. The summed E-state index contributed by atoms with van der Waals surface area (Å²) in [6, 6.07) is 10.3. The molecular formula is C32H42N4O8. The number of hydroxylamine groups is 2. The van der Waals surface area contributed by atoms with Crippen molar-refractivity contribution < 1.29 is 39.3 Å². The smallest absolute Gasteiger partial charge is 0.433 e. The summed E-state index contributed by atoms with van der Waals surface area (Å²) < 4.78 is 0. The van der Waals surface area contributed by atoms with Crippen molar-refractivity contribution in [3.63, 3.8) is 0 Å². The fourth-order valence-corrected chi connectivity index (χ4v) is 5.65. The van der Waals surface area contributed by atoms with Gasteiger partial charge < -0.3 is 30.4 Å². The Morgan fingerprint density at radius 3 is 2.05 bits per heavy atom. The first kappa shape index (κ1) is 32.6. The predicted octanol–water partition coefficient (Wildman–Crippen LogP) is 3.12. The molecule has 0 spiro atoms. The van der Waals surface area contributed by atoms with Gasteiger partial charge in [-0.2, -0.15) is 5.06 Å². The largest absolute Gasteiger partial charge is 0.508 e. The van der Waals surface area contributed by atoms with Gasteiger partial charge in [-0.3, -0.25) is 19.2 Å². The van der Waals surface area contributed by atoms with Gasteiger partial charge in [-0.25, -0.2) is 4.79 Å². The number of hydrogen-bond acceptors (Lipinski definition) is 7. The van der Waals surface area contributed by atoms with Gasteiger partial charge in [0.1, 0.15) is 23.6 Å².